The van der Waals surface area contributed by atoms with Crippen LogP contribution >= 0.6 is 0 Å². The van der Waals surface area contributed by atoms with E-state index in [0.29, 0.717) is 12.0 Å². The summed E-state index contributed by atoms with van der Waals surface area (Å²) in [5.74, 6) is -1.43. The van der Waals surface area contributed by atoms with Crippen LogP contribution in [0.25, 0.3) is 22.0 Å². The Hall–Kier alpha value is -6.63. The molecule has 2 aromatic heterocycles. The first-order valence-corrected chi connectivity index (χ1v) is 26.1. The van der Waals surface area contributed by atoms with Gasteiger partial charge >= 0.3 is 0 Å². The lowest BCUT2D eigenvalue weighted by molar-refractivity contribution is 0.0970. The summed E-state index contributed by atoms with van der Waals surface area (Å²) >= 11 is 0. The molecule has 0 aliphatic heterocycles. The van der Waals surface area contributed by atoms with Gasteiger partial charge in [0.2, 0.25) is 17.8 Å². The summed E-state index contributed by atoms with van der Waals surface area (Å²) < 4.78 is 108. The summed E-state index contributed by atoms with van der Waals surface area (Å²) in [4.78, 5) is 53.3. The third kappa shape index (κ3) is 9.08. The van der Waals surface area contributed by atoms with Crippen molar-refractivity contribution < 1.29 is 48.5 Å². The minimum Gasteiger partial charge on any atom is -0.368 e. The number of nitrogen functional groups attached to an aromatic ring is 1. The number of fused-ring (bicyclic) bond motifs is 2. The average Bonchev–Trinajstić information content (AvgIpc) is 3.28. The fraction of sp³-hybridized carbons (Fsp3) is 0.304. The molecule has 4 aromatic carbocycles. The van der Waals surface area contributed by atoms with E-state index in [-0.39, 0.29) is 79.6 Å². The van der Waals surface area contributed by atoms with Crippen molar-refractivity contribution in [1.82, 2.24) is 19.5 Å². The van der Waals surface area contributed by atoms with Gasteiger partial charge in [0, 0.05) is 35.2 Å². The maximum Gasteiger partial charge on any atom is 0.296 e. The number of anilines is 6. The zero-order valence-electron chi connectivity index (χ0n) is 37.8. The maximum absolute atomic E-state index is 14.7. The van der Waals surface area contributed by atoms with Crippen molar-refractivity contribution in [2.75, 3.05) is 21.7 Å². The van der Waals surface area contributed by atoms with Gasteiger partial charge in [-0.05, 0) is 78.5 Å². The number of ketones is 2. The van der Waals surface area contributed by atoms with Crippen LogP contribution in [-0.4, -0.2) is 76.0 Å². The molecule has 0 spiro atoms. The van der Waals surface area contributed by atoms with E-state index < -0.39 is 79.1 Å². The first-order valence-electron chi connectivity index (χ1n) is 21.8. The lowest BCUT2D eigenvalue weighted by Gasteiger charge is -2.43. The Bertz CT molecular complexity index is 3560. The first-order chi connectivity index (χ1) is 32.3. The quantitative estimate of drug-likeness (QED) is 0.0425. The summed E-state index contributed by atoms with van der Waals surface area (Å²) in [5.41, 5.74) is 3.63. The molecular formula is C46H48N8O12S3. The van der Waals surface area contributed by atoms with Gasteiger partial charge in [0.1, 0.15) is 9.79 Å². The number of aryl methyl sites for hydroxylation is 1. The van der Waals surface area contributed by atoms with Crippen LogP contribution in [0.1, 0.15) is 91.6 Å². The van der Waals surface area contributed by atoms with Gasteiger partial charge in [0.05, 0.1) is 38.6 Å². The van der Waals surface area contributed by atoms with Gasteiger partial charge in [0.25, 0.3) is 35.9 Å². The number of pyridine rings is 1. The van der Waals surface area contributed by atoms with Crippen LogP contribution in [0, 0.1) is 17.3 Å². The number of hydrogen-bond donors (Lipinski definition) is 7. The highest BCUT2D eigenvalue weighted by Gasteiger charge is 2.38. The van der Waals surface area contributed by atoms with Crippen LogP contribution in [-0.2, 0) is 37.4 Å². The second-order valence-corrected chi connectivity index (χ2v) is 21.9. The Morgan fingerprint density at radius 1 is 0.768 bits per heavy atom. The standard InChI is InChI=1S/C46H48N8O12S3/c1-6-46(4,7-2)25-15-16-29(23(3)19-25)49-44-51-43(47)52-45(53-44)50-32-21-31(34(68(61,62)63)22-35(32)69(64,65)66)48-30-17-18-33-38-36(27-13-8-9-14-28(27)41(56)37(30)38)39(42(57)54(33)5)40(55)24-11-10-12-26(20-24)67(58,59)60/h8-14,17-18,20-23,25,29,48H,6-7,15-16,19H2,1-5H3,(H,58,59,60)(H,61,62,63)(H,64,65,66)(H4,47,49,50,51,52,53). The van der Waals surface area contributed by atoms with Crippen molar-refractivity contribution in [2.24, 2.45) is 24.3 Å². The van der Waals surface area contributed by atoms with Crippen LogP contribution in [0.5, 0.6) is 0 Å². The summed E-state index contributed by atoms with van der Waals surface area (Å²) in [7, 11) is -14.1. The van der Waals surface area contributed by atoms with E-state index in [2.05, 4.69) is 58.6 Å². The van der Waals surface area contributed by atoms with E-state index >= 15 is 0 Å². The molecule has 0 saturated heterocycles. The summed E-state index contributed by atoms with van der Waals surface area (Å²) in [6, 6.07) is 14.5. The molecule has 3 atom stereocenters. The molecule has 3 unspecified atom stereocenters. The van der Waals surface area contributed by atoms with Crippen molar-refractivity contribution in [3.8, 4) is 11.1 Å². The number of benzene rings is 4. The highest BCUT2D eigenvalue weighted by molar-refractivity contribution is 7.87. The fourth-order valence-corrected chi connectivity index (χ4v) is 11.5. The second-order valence-electron chi connectivity index (χ2n) is 17.7. The molecule has 20 nitrogen and oxygen atoms in total. The van der Waals surface area contributed by atoms with Crippen LogP contribution < -0.4 is 27.2 Å². The minimum absolute atomic E-state index is 0.00768. The smallest absolute Gasteiger partial charge is 0.296 e. The van der Waals surface area contributed by atoms with Gasteiger partial charge in [-0.15, -0.1) is 0 Å². The highest BCUT2D eigenvalue weighted by Crippen LogP contribution is 2.47. The Morgan fingerprint density at radius 3 is 2.03 bits per heavy atom. The van der Waals surface area contributed by atoms with Crippen LogP contribution in [0.2, 0.25) is 0 Å². The molecule has 0 radical (unpaired) electrons. The molecule has 6 aromatic rings. The van der Waals surface area contributed by atoms with E-state index in [4.69, 9.17) is 5.73 Å². The van der Waals surface area contributed by atoms with Gasteiger partial charge in [-0.3, -0.25) is 28.0 Å². The van der Waals surface area contributed by atoms with Crippen LogP contribution in [0.3, 0.4) is 0 Å². The number of aromatic nitrogens is 4. The van der Waals surface area contributed by atoms with Gasteiger partial charge < -0.3 is 26.3 Å². The molecule has 2 aliphatic carbocycles. The first kappa shape index (κ1) is 48.8. The lowest BCUT2D eigenvalue weighted by atomic mass is 9.64. The molecule has 8 N–H and O–H groups in total. The largest absolute Gasteiger partial charge is 0.368 e. The van der Waals surface area contributed by atoms with Crippen LogP contribution in [0.4, 0.5) is 34.9 Å². The van der Waals surface area contributed by atoms with Crippen molar-refractivity contribution >= 4 is 87.7 Å². The third-order valence-electron chi connectivity index (χ3n) is 13.7. The summed E-state index contributed by atoms with van der Waals surface area (Å²) in [5, 5.41) is 8.87. The number of rotatable bonds is 14. The number of nitrogens with one attached hydrogen (secondary N) is 3. The Balaban J connectivity index is 1.25. The van der Waals surface area contributed by atoms with Gasteiger partial charge in [0.15, 0.2) is 11.6 Å². The topological polar surface area (TPSA) is 320 Å². The van der Waals surface area contributed by atoms with Crippen LogP contribution in [0.15, 0.2) is 92.3 Å². The number of hydrogen-bond acceptors (Lipinski definition) is 16. The number of carbonyl (C=O) groups excluding carboxylic acids is 2. The Labute approximate surface area is 397 Å². The molecule has 0 bridgehead atoms. The van der Waals surface area contributed by atoms with Crippen molar-refractivity contribution in [1.29, 1.82) is 0 Å². The summed E-state index contributed by atoms with van der Waals surface area (Å²) in [6.07, 6.45) is 4.83. The zero-order chi connectivity index (χ0) is 50.1. The number of nitrogens with two attached hydrogens (primary N) is 1. The van der Waals surface area contributed by atoms with Gasteiger partial charge in [-0.25, -0.2) is 0 Å². The lowest BCUT2D eigenvalue weighted by Crippen LogP contribution is -2.39. The molecule has 2 heterocycles. The SMILES string of the molecule is CCC(C)(CC)C1CCC(Nc2nc(N)nc(Nc3cc(Nc4ccc5c6c4C(=O)c4ccccc4-c6c(C(=O)c4cccc(S(=O)(=O)O)c4)c(=O)n5C)c(S(=O)(=O)O)cc3S(=O)(=O)O)n2)C(C)C1. The number of nitrogens with zero attached hydrogens (tertiary/aromatic N) is 4. The molecular weight excluding hydrogens is 953 g/mol. The number of carbonyl (C=O) groups is 2. The molecule has 1 saturated carbocycles. The molecule has 1 fully saturated rings. The predicted molar refractivity (Wildman–Crippen MR) is 257 cm³/mol. The predicted octanol–water partition coefficient (Wildman–Crippen LogP) is 7.02. The van der Waals surface area contributed by atoms with E-state index in [0.717, 1.165) is 54.9 Å². The van der Waals surface area contributed by atoms with Crippen molar-refractivity contribution in [3.05, 3.63) is 105 Å². The monoisotopic (exact) mass is 1000 g/mol. The van der Waals surface area contributed by atoms with Crippen molar-refractivity contribution in [2.45, 2.75) is 80.5 Å². The molecule has 23 heteroatoms. The zero-order valence-corrected chi connectivity index (χ0v) is 40.3. The molecule has 0 amide bonds. The van der Waals surface area contributed by atoms with Gasteiger partial charge in [-0.2, -0.15) is 40.2 Å². The van der Waals surface area contributed by atoms with E-state index in [1.165, 1.54) is 49.5 Å². The molecule has 69 heavy (non-hydrogen) atoms. The van der Waals surface area contributed by atoms with Crippen molar-refractivity contribution in [3.63, 3.8) is 0 Å². The van der Waals surface area contributed by atoms with E-state index in [1.807, 2.05) is 0 Å². The third-order valence-corrected chi connectivity index (χ3v) is 16.4. The second kappa shape index (κ2) is 17.7. The molecule has 362 valence electrons. The average molecular weight is 1000 g/mol. The normalized spacial score (nSPS) is 17.3. The fourth-order valence-electron chi connectivity index (χ4n) is 9.63. The van der Waals surface area contributed by atoms with E-state index in [1.54, 1.807) is 6.07 Å². The highest BCUT2D eigenvalue weighted by atomic mass is 32.2. The minimum atomic E-state index is -5.34. The molecule has 8 rings (SSSR count). The Kier molecular flexibility index (Phi) is 12.5. The van der Waals surface area contributed by atoms with E-state index in [9.17, 15) is 53.3 Å². The Morgan fingerprint density at radius 2 is 1.41 bits per heavy atom. The molecule has 2 aliphatic rings. The maximum atomic E-state index is 14.7. The van der Waals surface area contributed by atoms with Gasteiger partial charge in [-0.1, -0.05) is 76.9 Å². The summed E-state index contributed by atoms with van der Waals surface area (Å²) in [6.45, 7) is 8.85.